The fourth-order valence-electron chi connectivity index (χ4n) is 3.41. The molecule has 176 valence electrons. The zero-order chi connectivity index (χ0) is 24.3. The molecule has 7 nitrogen and oxygen atoms in total. The second-order valence-corrected chi connectivity index (χ2v) is 7.59. The number of nitrogens with one attached hydrogen (secondary N) is 1. The van der Waals surface area contributed by atoms with Gasteiger partial charge in [-0.15, -0.1) is 0 Å². The van der Waals surface area contributed by atoms with Gasteiger partial charge in [-0.1, -0.05) is 60.7 Å². The van der Waals surface area contributed by atoms with Crippen LogP contribution in [0, 0.1) is 6.92 Å². The molecule has 1 N–H and O–H groups in total. The van der Waals surface area contributed by atoms with E-state index in [4.69, 9.17) is 9.15 Å². The summed E-state index contributed by atoms with van der Waals surface area (Å²) in [6.45, 7) is 4.08. The van der Waals surface area contributed by atoms with E-state index in [1.165, 1.54) is 4.90 Å². The number of hydrogen-bond donors (Lipinski definition) is 1. The number of nitrogens with zero attached hydrogens (tertiary/aromatic N) is 1. The van der Waals surface area contributed by atoms with Gasteiger partial charge in [-0.3, -0.25) is 9.59 Å². The molecule has 1 heterocycles. The molecule has 34 heavy (non-hydrogen) atoms. The maximum Gasteiger partial charge on any atom is 0.330 e. The Bertz CT molecular complexity index is 1120. The van der Waals surface area contributed by atoms with E-state index in [0.717, 1.165) is 23.3 Å². The van der Waals surface area contributed by atoms with Crippen LogP contribution in [0.25, 0.3) is 0 Å². The summed E-state index contributed by atoms with van der Waals surface area (Å²) in [7, 11) is 0. The Morgan fingerprint density at radius 3 is 2.18 bits per heavy atom. The lowest BCUT2D eigenvalue weighted by Crippen LogP contribution is -2.42. The van der Waals surface area contributed by atoms with Crippen LogP contribution in [0.5, 0.6) is 0 Å². The summed E-state index contributed by atoms with van der Waals surface area (Å²) >= 11 is 0. The van der Waals surface area contributed by atoms with Crippen LogP contribution in [-0.4, -0.2) is 29.3 Å². The van der Waals surface area contributed by atoms with Crippen molar-refractivity contribution in [3.63, 3.8) is 0 Å². The van der Waals surface area contributed by atoms with Crippen LogP contribution in [-0.2, 0) is 32.2 Å². The molecule has 0 fully saturated rings. The molecule has 3 rings (SSSR count). The molecule has 0 aliphatic rings. The molecule has 0 saturated carbocycles. The number of ether oxygens (including phenoxy) is 1. The second kappa shape index (κ2) is 12.2. The number of carbonyl (C=O) groups excluding carboxylic acids is 3. The van der Waals surface area contributed by atoms with Crippen molar-refractivity contribution < 1.29 is 23.5 Å². The Labute approximate surface area is 199 Å². The van der Waals surface area contributed by atoms with E-state index < -0.39 is 23.8 Å². The van der Waals surface area contributed by atoms with Crippen LogP contribution >= 0.6 is 0 Å². The molecule has 1 aromatic heterocycles. The van der Waals surface area contributed by atoms with Gasteiger partial charge in [0.25, 0.3) is 5.91 Å². The number of furan rings is 1. The number of aryl methyl sites for hydroxylation is 1. The lowest BCUT2D eigenvalue weighted by molar-refractivity contribution is -0.139. The van der Waals surface area contributed by atoms with Gasteiger partial charge in [0.05, 0.1) is 6.61 Å². The maximum atomic E-state index is 13.4. The number of esters is 1. The van der Waals surface area contributed by atoms with Crippen molar-refractivity contribution in [1.29, 1.82) is 0 Å². The first-order valence-electron chi connectivity index (χ1n) is 11.0. The molecule has 1 unspecified atom stereocenters. The molecule has 2 amide bonds. The maximum absolute atomic E-state index is 13.4. The van der Waals surface area contributed by atoms with Crippen molar-refractivity contribution in [2.24, 2.45) is 0 Å². The molecular formula is C27H28N2O5. The minimum absolute atomic E-state index is 0.135. The third-order valence-electron chi connectivity index (χ3n) is 5.03. The van der Waals surface area contributed by atoms with Crippen LogP contribution in [0.2, 0.25) is 0 Å². The predicted octanol–water partition coefficient (Wildman–Crippen LogP) is 4.09. The number of rotatable bonds is 10. The van der Waals surface area contributed by atoms with Gasteiger partial charge >= 0.3 is 5.97 Å². The molecule has 2 aromatic carbocycles. The van der Waals surface area contributed by atoms with Gasteiger partial charge in [-0.25, -0.2) is 4.79 Å². The van der Waals surface area contributed by atoms with Crippen molar-refractivity contribution in [2.75, 3.05) is 6.61 Å². The summed E-state index contributed by atoms with van der Waals surface area (Å²) in [6, 6.07) is 21.2. The summed E-state index contributed by atoms with van der Waals surface area (Å²) in [5.74, 6) is -0.603. The van der Waals surface area contributed by atoms with Gasteiger partial charge < -0.3 is 19.4 Å². The number of carbonyl (C=O) groups is 3. The van der Waals surface area contributed by atoms with E-state index in [0.29, 0.717) is 18.1 Å². The van der Waals surface area contributed by atoms with E-state index in [1.54, 1.807) is 26.0 Å². The third-order valence-corrected chi connectivity index (χ3v) is 5.03. The van der Waals surface area contributed by atoms with Gasteiger partial charge in [0.1, 0.15) is 11.5 Å². The Balaban J connectivity index is 1.93. The lowest BCUT2D eigenvalue weighted by Gasteiger charge is -2.29. The van der Waals surface area contributed by atoms with Crippen LogP contribution in [0.15, 0.2) is 89.4 Å². The first-order valence-corrected chi connectivity index (χ1v) is 11.0. The summed E-state index contributed by atoms with van der Waals surface area (Å²) in [5.41, 5.74) is 1.75. The van der Waals surface area contributed by atoms with E-state index in [9.17, 15) is 14.4 Å². The Morgan fingerprint density at radius 2 is 1.59 bits per heavy atom. The highest BCUT2D eigenvalue weighted by atomic mass is 16.5. The zero-order valence-electron chi connectivity index (χ0n) is 19.3. The average molecular weight is 461 g/mol. The summed E-state index contributed by atoms with van der Waals surface area (Å²) in [5, 5.41) is 2.90. The van der Waals surface area contributed by atoms with Gasteiger partial charge in [0, 0.05) is 25.2 Å². The third kappa shape index (κ3) is 6.93. The van der Waals surface area contributed by atoms with Crippen molar-refractivity contribution in [2.45, 2.75) is 33.0 Å². The topological polar surface area (TPSA) is 88.9 Å². The van der Waals surface area contributed by atoms with Crippen molar-refractivity contribution >= 4 is 17.8 Å². The monoisotopic (exact) mass is 460 g/mol. The van der Waals surface area contributed by atoms with E-state index in [2.05, 4.69) is 5.32 Å². The highest BCUT2D eigenvalue weighted by Gasteiger charge is 2.33. The van der Waals surface area contributed by atoms with Crippen molar-refractivity contribution in [3.05, 3.63) is 108 Å². The largest absolute Gasteiger partial charge is 0.464 e. The molecular weight excluding hydrogens is 432 g/mol. The van der Waals surface area contributed by atoms with E-state index in [1.807, 2.05) is 60.7 Å². The Hall–Kier alpha value is -4.13. The van der Waals surface area contributed by atoms with Gasteiger partial charge in [0.2, 0.25) is 5.91 Å². The Morgan fingerprint density at radius 1 is 0.941 bits per heavy atom. The lowest BCUT2D eigenvalue weighted by atomic mass is 10.1. The summed E-state index contributed by atoms with van der Waals surface area (Å²) < 4.78 is 10.7. The quantitative estimate of drug-likeness (QED) is 0.364. The summed E-state index contributed by atoms with van der Waals surface area (Å²) in [4.78, 5) is 39.9. The molecule has 0 radical (unpaired) electrons. The highest BCUT2D eigenvalue weighted by molar-refractivity contribution is 5.97. The van der Waals surface area contributed by atoms with Gasteiger partial charge in [-0.2, -0.15) is 0 Å². The first-order chi connectivity index (χ1) is 16.5. The van der Waals surface area contributed by atoms with Gasteiger partial charge in [-0.05, 0) is 37.1 Å². The van der Waals surface area contributed by atoms with Crippen LogP contribution in [0.4, 0.5) is 0 Å². The second-order valence-electron chi connectivity index (χ2n) is 7.59. The molecule has 0 aliphatic carbocycles. The number of benzene rings is 2. The molecule has 7 heteroatoms. The van der Waals surface area contributed by atoms with Crippen molar-refractivity contribution in [3.8, 4) is 0 Å². The number of amides is 2. The fourth-order valence-corrected chi connectivity index (χ4v) is 3.41. The van der Waals surface area contributed by atoms with E-state index in [-0.39, 0.29) is 13.2 Å². The first kappa shape index (κ1) is 24.5. The molecule has 0 spiro atoms. The summed E-state index contributed by atoms with van der Waals surface area (Å²) in [6.07, 6.45) is 2.18. The highest BCUT2D eigenvalue weighted by Crippen LogP contribution is 2.26. The molecule has 0 bridgehead atoms. The van der Waals surface area contributed by atoms with Crippen molar-refractivity contribution in [1.82, 2.24) is 10.2 Å². The van der Waals surface area contributed by atoms with Crippen LogP contribution in [0.3, 0.4) is 0 Å². The standard InChI is InChI=1S/C27H28N2O5/c1-3-33-25(31)17-16-24(30)29(19-22-12-8-5-9-13-22)26(23-15-14-20(2)34-23)27(32)28-18-21-10-6-4-7-11-21/h4-17,26H,3,18-19H2,1-2H3,(H,28,32)/b17-16-. The molecule has 0 saturated heterocycles. The SMILES string of the molecule is CCOC(=O)/C=C\C(=O)N(Cc1ccccc1)C(C(=O)NCc1ccccc1)c1ccc(C)o1. The smallest absolute Gasteiger partial charge is 0.330 e. The van der Waals surface area contributed by atoms with E-state index >= 15 is 0 Å². The predicted molar refractivity (Wildman–Crippen MR) is 127 cm³/mol. The number of hydrogen-bond acceptors (Lipinski definition) is 5. The normalized spacial score (nSPS) is 11.7. The molecule has 0 aliphatic heterocycles. The Kier molecular flexibility index (Phi) is 8.80. The van der Waals surface area contributed by atoms with Crippen LogP contribution in [0.1, 0.15) is 35.6 Å². The average Bonchev–Trinajstić information content (AvgIpc) is 3.28. The minimum atomic E-state index is -1.04. The van der Waals surface area contributed by atoms with Gasteiger partial charge in [0.15, 0.2) is 6.04 Å². The fraction of sp³-hybridized carbons (Fsp3) is 0.222. The molecule has 3 aromatic rings. The zero-order valence-corrected chi connectivity index (χ0v) is 19.3. The molecule has 1 atom stereocenters. The van der Waals surface area contributed by atoms with Crippen LogP contribution < -0.4 is 5.32 Å². The minimum Gasteiger partial charge on any atom is -0.464 e.